The molecule has 24 heavy (non-hydrogen) atoms. The van der Waals surface area contributed by atoms with Gasteiger partial charge in [0.15, 0.2) is 0 Å². The molecule has 1 fully saturated rings. The number of aromatic nitrogens is 1. The van der Waals surface area contributed by atoms with Crippen molar-refractivity contribution < 1.29 is 14.3 Å². The Morgan fingerprint density at radius 3 is 2.71 bits per heavy atom. The number of nitrogens with zero attached hydrogens (tertiary/aromatic N) is 2. The molecule has 1 N–H and O–H groups in total. The zero-order chi connectivity index (χ0) is 17.0. The van der Waals surface area contributed by atoms with Crippen molar-refractivity contribution in [2.75, 3.05) is 13.1 Å². The Kier molecular flexibility index (Phi) is 4.90. The van der Waals surface area contributed by atoms with Gasteiger partial charge in [-0.05, 0) is 55.1 Å². The Morgan fingerprint density at radius 1 is 1.25 bits per heavy atom. The third kappa shape index (κ3) is 3.79. The van der Waals surface area contributed by atoms with Crippen LogP contribution in [0.3, 0.4) is 0 Å². The summed E-state index contributed by atoms with van der Waals surface area (Å²) in [5.74, 6) is -1.08. The zero-order valence-electron chi connectivity index (χ0n) is 13.5. The predicted molar refractivity (Wildman–Crippen MR) is 88.9 cm³/mol. The molecule has 0 unspecified atom stereocenters. The standard InChI is InChI=1S/C19H21FN2O2/c20-17-6-4-15(5-7-17)11-19(18(23)24)8-2-10-22(14-19)13-16-3-1-9-21-12-16/h1,3-7,9,12H,2,8,10-11,13-14H2,(H,23,24)/t19-/m0/s1. The van der Waals surface area contributed by atoms with Gasteiger partial charge in [0.25, 0.3) is 0 Å². The minimum Gasteiger partial charge on any atom is -0.481 e. The molecule has 1 aliphatic heterocycles. The highest BCUT2D eigenvalue weighted by Gasteiger charge is 2.42. The van der Waals surface area contributed by atoms with Gasteiger partial charge in [0, 0.05) is 25.5 Å². The number of hydrogen-bond donors (Lipinski definition) is 1. The molecule has 0 spiro atoms. The lowest BCUT2D eigenvalue weighted by atomic mass is 9.75. The average Bonchev–Trinajstić information content (AvgIpc) is 2.58. The van der Waals surface area contributed by atoms with Gasteiger partial charge in [-0.25, -0.2) is 4.39 Å². The molecule has 2 heterocycles. The third-order valence-electron chi connectivity index (χ3n) is 4.69. The first-order valence-electron chi connectivity index (χ1n) is 8.16. The topological polar surface area (TPSA) is 53.4 Å². The van der Waals surface area contributed by atoms with E-state index in [0.717, 1.165) is 24.1 Å². The van der Waals surface area contributed by atoms with Gasteiger partial charge >= 0.3 is 5.97 Å². The van der Waals surface area contributed by atoms with Crippen molar-refractivity contribution in [3.63, 3.8) is 0 Å². The van der Waals surface area contributed by atoms with E-state index in [2.05, 4.69) is 9.88 Å². The van der Waals surface area contributed by atoms with Crippen molar-refractivity contribution in [3.8, 4) is 0 Å². The van der Waals surface area contributed by atoms with Crippen molar-refractivity contribution >= 4 is 5.97 Å². The maximum absolute atomic E-state index is 13.1. The normalized spacial score (nSPS) is 21.5. The van der Waals surface area contributed by atoms with Crippen molar-refractivity contribution in [1.29, 1.82) is 0 Å². The Balaban J connectivity index is 1.76. The first-order valence-corrected chi connectivity index (χ1v) is 8.16. The van der Waals surface area contributed by atoms with Gasteiger partial charge in [0.2, 0.25) is 0 Å². The highest BCUT2D eigenvalue weighted by atomic mass is 19.1. The number of halogens is 1. The lowest BCUT2D eigenvalue weighted by Gasteiger charge is -2.40. The van der Waals surface area contributed by atoms with Crippen LogP contribution in [0, 0.1) is 11.2 Å². The lowest BCUT2D eigenvalue weighted by molar-refractivity contribution is -0.152. The summed E-state index contributed by atoms with van der Waals surface area (Å²) in [5, 5.41) is 9.88. The molecule has 0 aliphatic carbocycles. The van der Waals surface area contributed by atoms with Gasteiger partial charge in [0.05, 0.1) is 5.41 Å². The summed E-state index contributed by atoms with van der Waals surface area (Å²) in [6, 6.07) is 10.0. The second-order valence-corrected chi connectivity index (χ2v) is 6.56. The van der Waals surface area contributed by atoms with E-state index in [4.69, 9.17) is 0 Å². The molecule has 1 aromatic carbocycles. The Bertz CT molecular complexity index is 690. The second kappa shape index (κ2) is 7.09. The summed E-state index contributed by atoms with van der Waals surface area (Å²) in [5.41, 5.74) is 1.13. The van der Waals surface area contributed by atoms with Crippen LogP contribution in [-0.4, -0.2) is 34.0 Å². The first kappa shape index (κ1) is 16.6. The zero-order valence-corrected chi connectivity index (χ0v) is 13.5. The van der Waals surface area contributed by atoms with E-state index in [-0.39, 0.29) is 5.82 Å². The Morgan fingerprint density at radius 2 is 2.04 bits per heavy atom. The lowest BCUT2D eigenvalue weighted by Crippen LogP contribution is -2.48. The number of piperidine rings is 1. The van der Waals surface area contributed by atoms with Gasteiger partial charge in [-0.2, -0.15) is 0 Å². The Labute approximate surface area is 141 Å². The molecule has 5 heteroatoms. The molecule has 4 nitrogen and oxygen atoms in total. The van der Waals surface area contributed by atoms with Crippen LogP contribution in [0.1, 0.15) is 24.0 Å². The molecule has 1 aromatic heterocycles. The van der Waals surface area contributed by atoms with Crippen LogP contribution < -0.4 is 0 Å². The van der Waals surface area contributed by atoms with Crippen LogP contribution in [0.5, 0.6) is 0 Å². The summed E-state index contributed by atoms with van der Waals surface area (Å²) in [6.45, 7) is 2.08. The SMILES string of the molecule is O=C(O)[C@]1(Cc2ccc(F)cc2)CCCN(Cc2cccnc2)C1. The molecular weight excluding hydrogens is 307 g/mol. The van der Waals surface area contributed by atoms with E-state index in [1.54, 1.807) is 18.3 Å². The van der Waals surface area contributed by atoms with Gasteiger partial charge in [0.1, 0.15) is 5.82 Å². The maximum atomic E-state index is 13.1. The second-order valence-electron chi connectivity index (χ2n) is 6.56. The number of hydrogen-bond acceptors (Lipinski definition) is 3. The largest absolute Gasteiger partial charge is 0.481 e. The summed E-state index contributed by atoms with van der Waals surface area (Å²) < 4.78 is 13.1. The number of carbonyl (C=O) groups is 1. The van der Waals surface area contributed by atoms with E-state index in [1.165, 1.54) is 12.1 Å². The monoisotopic (exact) mass is 328 g/mol. The minimum atomic E-state index is -0.821. The van der Waals surface area contributed by atoms with Crippen LogP contribution in [0.4, 0.5) is 4.39 Å². The number of benzene rings is 1. The van der Waals surface area contributed by atoms with E-state index < -0.39 is 11.4 Å². The fourth-order valence-electron chi connectivity index (χ4n) is 3.50. The summed E-state index contributed by atoms with van der Waals surface area (Å²) in [7, 11) is 0. The van der Waals surface area contributed by atoms with Crippen molar-refractivity contribution in [1.82, 2.24) is 9.88 Å². The summed E-state index contributed by atoms with van der Waals surface area (Å²) >= 11 is 0. The van der Waals surface area contributed by atoms with Gasteiger partial charge in [-0.3, -0.25) is 14.7 Å². The minimum absolute atomic E-state index is 0.301. The molecule has 3 rings (SSSR count). The molecule has 0 amide bonds. The summed E-state index contributed by atoms with van der Waals surface area (Å²) in [4.78, 5) is 18.3. The molecule has 0 saturated carbocycles. The number of carboxylic acid groups (broad SMARTS) is 1. The molecule has 126 valence electrons. The molecule has 1 aliphatic rings. The van der Waals surface area contributed by atoms with Crippen molar-refractivity contribution in [2.24, 2.45) is 5.41 Å². The number of aliphatic carboxylic acids is 1. The van der Waals surface area contributed by atoms with Crippen LogP contribution in [-0.2, 0) is 17.8 Å². The fourth-order valence-corrected chi connectivity index (χ4v) is 3.50. The van der Waals surface area contributed by atoms with Crippen molar-refractivity contribution in [2.45, 2.75) is 25.8 Å². The Hall–Kier alpha value is -2.27. The molecule has 1 saturated heterocycles. The molecular formula is C19H21FN2O2. The maximum Gasteiger partial charge on any atom is 0.311 e. The molecule has 0 radical (unpaired) electrons. The van der Waals surface area contributed by atoms with Crippen LogP contribution in [0.2, 0.25) is 0 Å². The molecule has 1 atom stereocenters. The smallest absolute Gasteiger partial charge is 0.311 e. The number of likely N-dealkylation sites (tertiary alicyclic amines) is 1. The van der Waals surface area contributed by atoms with Gasteiger partial charge in [-0.1, -0.05) is 18.2 Å². The number of rotatable bonds is 5. The molecule has 0 bridgehead atoms. The van der Waals surface area contributed by atoms with E-state index in [1.807, 2.05) is 18.3 Å². The first-order chi connectivity index (χ1) is 11.6. The van der Waals surface area contributed by atoms with Crippen LogP contribution in [0.25, 0.3) is 0 Å². The van der Waals surface area contributed by atoms with Crippen LogP contribution >= 0.6 is 0 Å². The highest BCUT2D eigenvalue weighted by Crippen LogP contribution is 2.34. The number of carboxylic acids is 1. The predicted octanol–water partition coefficient (Wildman–Crippen LogP) is 3.13. The van der Waals surface area contributed by atoms with E-state index in [9.17, 15) is 14.3 Å². The van der Waals surface area contributed by atoms with E-state index >= 15 is 0 Å². The number of pyridine rings is 1. The quantitative estimate of drug-likeness (QED) is 0.916. The van der Waals surface area contributed by atoms with Crippen LogP contribution in [0.15, 0.2) is 48.8 Å². The third-order valence-corrected chi connectivity index (χ3v) is 4.69. The van der Waals surface area contributed by atoms with E-state index in [0.29, 0.717) is 25.9 Å². The summed E-state index contributed by atoms with van der Waals surface area (Å²) in [6.07, 6.45) is 5.45. The average molecular weight is 328 g/mol. The van der Waals surface area contributed by atoms with Crippen molar-refractivity contribution in [3.05, 3.63) is 65.7 Å². The fraction of sp³-hybridized carbons (Fsp3) is 0.368. The van der Waals surface area contributed by atoms with Gasteiger partial charge in [-0.15, -0.1) is 0 Å². The molecule has 2 aromatic rings. The van der Waals surface area contributed by atoms with Gasteiger partial charge < -0.3 is 5.11 Å². The highest BCUT2D eigenvalue weighted by molar-refractivity contribution is 5.75.